The van der Waals surface area contributed by atoms with Crippen LogP contribution in [0.2, 0.25) is 0 Å². The van der Waals surface area contributed by atoms with E-state index < -0.39 is 17.6 Å². The summed E-state index contributed by atoms with van der Waals surface area (Å²) in [5.74, 6) is -0.376. The van der Waals surface area contributed by atoms with Crippen molar-refractivity contribution in [3.63, 3.8) is 0 Å². The normalized spacial score (nSPS) is 9.95. The standard InChI is InChI=1S/C11H11F2N3O4/c1-2-5-14-11(17)15-8-6-7(16(18)19)3-4-9(8)20-10(12)13/h2-4,6,10H,1,5H2,(H2,14,15,17). The molecule has 0 aliphatic carbocycles. The maximum Gasteiger partial charge on any atom is 0.387 e. The molecule has 2 N–H and O–H groups in total. The molecular formula is C11H11F2N3O4. The molecule has 0 atom stereocenters. The summed E-state index contributed by atoms with van der Waals surface area (Å²) in [7, 11) is 0. The molecule has 0 spiro atoms. The molecule has 0 aromatic heterocycles. The molecular weight excluding hydrogens is 276 g/mol. The third-order valence-electron chi connectivity index (χ3n) is 2.05. The first-order valence-electron chi connectivity index (χ1n) is 5.33. The van der Waals surface area contributed by atoms with Crippen LogP contribution in [0.5, 0.6) is 5.75 Å². The fourth-order valence-corrected chi connectivity index (χ4v) is 1.26. The minimum Gasteiger partial charge on any atom is -0.433 e. The van der Waals surface area contributed by atoms with E-state index in [2.05, 4.69) is 21.9 Å². The maximum atomic E-state index is 12.2. The summed E-state index contributed by atoms with van der Waals surface area (Å²) in [5, 5.41) is 15.1. The molecule has 108 valence electrons. The molecule has 9 heteroatoms. The van der Waals surface area contributed by atoms with E-state index in [1.165, 1.54) is 6.08 Å². The first-order chi connectivity index (χ1) is 9.43. The molecule has 0 aliphatic rings. The van der Waals surface area contributed by atoms with Gasteiger partial charge in [-0.25, -0.2) is 4.79 Å². The lowest BCUT2D eigenvalue weighted by Gasteiger charge is -2.11. The van der Waals surface area contributed by atoms with Crippen LogP contribution in [0.1, 0.15) is 0 Å². The first kappa shape index (κ1) is 15.3. The van der Waals surface area contributed by atoms with Crippen molar-refractivity contribution in [2.45, 2.75) is 6.61 Å². The molecule has 7 nitrogen and oxygen atoms in total. The van der Waals surface area contributed by atoms with Crippen molar-refractivity contribution in [1.82, 2.24) is 5.32 Å². The van der Waals surface area contributed by atoms with Gasteiger partial charge in [-0.05, 0) is 6.07 Å². The Kier molecular flexibility index (Phi) is 5.39. The number of nitro groups is 1. The topological polar surface area (TPSA) is 93.5 Å². The number of hydrogen-bond donors (Lipinski definition) is 2. The third-order valence-corrected chi connectivity index (χ3v) is 2.05. The lowest BCUT2D eigenvalue weighted by Crippen LogP contribution is -2.28. The molecule has 0 saturated carbocycles. The Bertz CT molecular complexity index is 522. The van der Waals surface area contributed by atoms with Crippen molar-refractivity contribution >= 4 is 17.4 Å². The summed E-state index contributed by atoms with van der Waals surface area (Å²) in [4.78, 5) is 21.3. The Morgan fingerprint density at radius 1 is 1.55 bits per heavy atom. The zero-order chi connectivity index (χ0) is 15.1. The molecule has 0 fully saturated rings. The predicted octanol–water partition coefficient (Wildman–Crippen LogP) is 2.50. The van der Waals surface area contributed by atoms with Crippen LogP contribution >= 0.6 is 0 Å². The molecule has 1 rings (SSSR count). The number of halogens is 2. The number of carbonyl (C=O) groups is 1. The molecule has 0 bridgehead atoms. The van der Waals surface area contributed by atoms with Crippen molar-refractivity contribution in [2.24, 2.45) is 0 Å². The van der Waals surface area contributed by atoms with Crippen molar-refractivity contribution in [1.29, 1.82) is 0 Å². The largest absolute Gasteiger partial charge is 0.433 e. The van der Waals surface area contributed by atoms with Crippen LogP contribution in [0.15, 0.2) is 30.9 Å². The number of nitrogens with one attached hydrogen (secondary N) is 2. The van der Waals surface area contributed by atoms with Crippen LogP contribution in [-0.4, -0.2) is 24.1 Å². The number of nitro benzene ring substituents is 1. The first-order valence-corrected chi connectivity index (χ1v) is 5.33. The summed E-state index contributed by atoms with van der Waals surface area (Å²) in [6.45, 7) is 0.406. The van der Waals surface area contributed by atoms with E-state index in [1.54, 1.807) is 0 Å². The van der Waals surface area contributed by atoms with Gasteiger partial charge in [-0.15, -0.1) is 6.58 Å². The second kappa shape index (κ2) is 7.02. The number of ether oxygens (including phenoxy) is 1. The highest BCUT2D eigenvalue weighted by molar-refractivity contribution is 5.91. The Balaban J connectivity index is 2.98. The summed E-state index contributed by atoms with van der Waals surface area (Å²) < 4.78 is 28.6. The monoisotopic (exact) mass is 287 g/mol. The van der Waals surface area contributed by atoms with Gasteiger partial charge < -0.3 is 15.4 Å². The third kappa shape index (κ3) is 4.52. The van der Waals surface area contributed by atoms with Gasteiger partial charge in [-0.3, -0.25) is 10.1 Å². The number of rotatable bonds is 6. The smallest absolute Gasteiger partial charge is 0.387 e. The Labute approximate surface area is 112 Å². The highest BCUT2D eigenvalue weighted by Gasteiger charge is 2.16. The quantitative estimate of drug-likeness (QED) is 0.477. The number of benzene rings is 1. The van der Waals surface area contributed by atoms with Gasteiger partial charge in [0.1, 0.15) is 5.75 Å². The minimum absolute atomic E-state index is 0.145. The average molecular weight is 287 g/mol. The van der Waals surface area contributed by atoms with E-state index in [0.717, 1.165) is 18.2 Å². The highest BCUT2D eigenvalue weighted by Crippen LogP contribution is 2.30. The van der Waals surface area contributed by atoms with Gasteiger partial charge >= 0.3 is 12.6 Å². The fraction of sp³-hybridized carbons (Fsp3) is 0.182. The van der Waals surface area contributed by atoms with Crippen molar-refractivity contribution in [2.75, 3.05) is 11.9 Å². The lowest BCUT2D eigenvalue weighted by molar-refractivity contribution is -0.384. The molecule has 0 aliphatic heterocycles. The van der Waals surface area contributed by atoms with E-state index in [-0.39, 0.29) is 23.7 Å². The van der Waals surface area contributed by atoms with Crippen LogP contribution in [0.4, 0.5) is 25.0 Å². The zero-order valence-electron chi connectivity index (χ0n) is 10.1. The van der Waals surface area contributed by atoms with Gasteiger partial charge in [0.2, 0.25) is 0 Å². The van der Waals surface area contributed by atoms with Crippen LogP contribution in [0.25, 0.3) is 0 Å². The Hall–Kier alpha value is -2.71. The number of non-ortho nitro benzene ring substituents is 1. The number of urea groups is 1. The van der Waals surface area contributed by atoms with Gasteiger partial charge in [0.05, 0.1) is 10.6 Å². The van der Waals surface area contributed by atoms with Crippen LogP contribution in [0.3, 0.4) is 0 Å². The zero-order valence-corrected chi connectivity index (χ0v) is 10.1. The fourth-order valence-electron chi connectivity index (χ4n) is 1.26. The van der Waals surface area contributed by atoms with E-state index >= 15 is 0 Å². The van der Waals surface area contributed by atoms with Crippen molar-refractivity contribution in [3.05, 3.63) is 41.0 Å². The van der Waals surface area contributed by atoms with Crippen molar-refractivity contribution < 1.29 is 23.2 Å². The predicted molar refractivity (Wildman–Crippen MR) is 66.9 cm³/mol. The lowest BCUT2D eigenvalue weighted by atomic mass is 10.2. The SMILES string of the molecule is C=CCNC(=O)Nc1cc([N+](=O)[O-])ccc1OC(F)F. The molecule has 1 aromatic rings. The summed E-state index contributed by atoms with van der Waals surface area (Å²) >= 11 is 0. The number of hydrogen-bond acceptors (Lipinski definition) is 4. The van der Waals surface area contributed by atoms with E-state index in [0.29, 0.717) is 0 Å². The van der Waals surface area contributed by atoms with Crippen LogP contribution < -0.4 is 15.4 Å². The van der Waals surface area contributed by atoms with Crippen LogP contribution in [-0.2, 0) is 0 Å². The van der Waals surface area contributed by atoms with Gasteiger partial charge in [-0.2, -0.15) is 8.78 Å². The highest BCUT2D eigenvalue weighted by atomic mass is 19.3. The molecule has 20 heavy (non-hydrogen) atoms. The molecule has 2 amide bonds. The number of carbonyl (C=O) groups excluding carboxylic acids is 1. The van der Waals surface area contributed by atoms with E-state index in [9.17, 15) is 23.7 Å². The van der Waals surface area contributed by atoms with Gasteiger partial charge in [-0.1, -0.05) is 6.08 Å². The van der Waals surface area contributed by atoms with Crippen LogP contribution in [0, 0.1) is 10.1 Å². The molecule has 0 saturated heterocycles. The summed E-state index contributed by atoms with van der Waals surface area (Å²) in [6, 6.07) is 2.16. The van der Waals surface area contributed by atoms with Crippen molar-refractivity contribution in [3.8, 4) is 5.75 Å². The number of alkyl halides is 2. The Morgan fingerprint density at radius 2 is 2.25 bits per heavy atom. The molecule has 0 radical (unpaired) electrons. The van der Waals surface area contributed by atoms with E-state index in [1.807, 2.05) is 0 Å². The molecule has 0 heterocycles. The second-order valence-corrected chi connectivity index (χ2v) is 3.44. The second-order valence-electron chi connectivity index (χ2n) is 3.44. The molecule has 0 unspecified atom stereocenters. The van der Waals surface area contributed by atoms with Gasteiger partial charge in [0.15, 0.2) is 0 Å². The van der Waals surface area contributed by atoms with Gasteiger partial charge in [0, 0.05) is 18.7 Å². The number of anilines is 1. The van der Waals surface area contributed by atoms with Gasteiger partial charge in [0.25, 0.3) is 5.69 Å². The Morgan fingerprint density at radius 3 is 2.80 bits per heavy atom. The summed E-state index contributed by atoms with van der Waals surface area (Å²) in [5.41, 5.74) is -0.605. The average Bonchev–Trinajstić information content (AvgIpc) is 2.37. The minimum atomic E-state index is -3.12. The molecule has 1 aromatic carbocycles. The maximum absolute atomic E-state index is 12.2. The number of amides is 2. The summed E-state index contributed by atoms with van der Waals surface area (Å²) in [6.07, 6.45) is 1.41. The number of nitrogens with zero attached hydrogens (tertiary/aromatic N) is 1. The van der Waals surface area contributed by atoms with E-state index in [4.69, 9.17) is 0 Å².